The van der Waals surface area contributed by atoms with Gasteiger partial charge in [-0.05, 0) is 18.8 Å². The Morgan fingerprint density at radius 2 is 1.79 bits per heavy atom. The lowest BCUT2D eigenvalue weighted by molar-refractivity contribution is 0.0700. The Balaban J connectivity index is 2.23. The van der Waals surface area contributed by atoms with Gasteiger partial charge >= 0.3 is 5.97 Å². The molecule has 1 aliphatic rings. The lowest BCUT2D eigenvalue weighted by Gasteiger charge is -2.23. The molecule has 0 atom stereocenters. The highest BCUT2D eigenvalue weighted by Gasteiger charge is 2.22. The molecule has 106 valence electrons. The smallest absolute Gasteiger partial charge is 0.347 e. The second-order valence-corrected chi connectivity index (χ2v) is 6.40. The molecule has 4 nitrogen and oxygen atoms in total. The summed E-state index contributed by atoms with van der Waals surface area (Å²) in [5, 5.41) is 10.2. The zero-order chi connectivity index (χ0) is 13.8. The van der Waals surface area contributed by atoms with Crippen molar-refractivity contribution in [3.8, 4) is 0 Å². The quantitative estimate of drug-likeness (QED) is 0.917. The average Bonchev–Trinajstić information content (AvgIpc) is 2.73. The van der Waals surface area contributed by atoms with Gasteiger partial charge in [0.05, 0.1) is 5.69 Å². The van der Waals surface area contributed by atoms with Gasteiger partial charge in [-0.15, -0.1) is 0 Å². The highest BCUT2D eigenvalue weighted by atomic mass is 32.1. The lowest BCUT2D eigenvalue weighted by Crippen LogP contribution is -2.26. The van der Waals surface area contributed by atoms with Gasteiger partial charge in [0.1, 0.15) is 4.88 Å². The van der Waals surface area contributed by atoms with E-state index in [1.807, 2.05) is 13.8 Å². The number of aromatic nitrogens is 1. The molecular weight excluding hydrogens is 260 g/mol. The van der Waals surface area contributed by atoms with E-state index in [2.05, 4.69) is 9.88 Å². The monoisotopic (exact) mass is 282 g/mol. The van der Waals surface area contributed by atoms with Gasteiger partial charge in [-0.25, -0.2) is 9.78 Å². The molecular formula is C14H22N2O2S. The van der Waals surface area contributed by atoms with Crippen LogP contribution in [0.25, 0.3) is 0 Å². The first-order valence-corrected chi connectivity index (χ1v) is 7.90. The van der Waals surface area contributed by atoms with Crippen LogP contribution in [0.5, 0.6) is 0 Å². The molecule has 1 aliphatic heterocycles. The third kappa shape index (κ3) is 3.47. The molecule has 0 spiro atoms. The first-order chi connectivity index (χ1) is 9.09. The van der Waals surface area contributed by atoms with Gasteiger partial charge in [-0.3, -0.25) is 0 Å². The largest absolute Gasteiger partial charge is 0.477 e. The maximum atomic E-state index is 11.3. The molecule has 2 heterocycles. The average molecular weight is 282 g/mol. The maximum Gasteiger partial charge on any atom is 0.347 e. The minimum atomic E-state index is -0.848. The predicted molar refractivity (Wildman–Crippen MR) is 78.5 cm³/mol. The van der Waals surface area contributed by atoms with Crippen molar-refractivity contribution in [2.75, 3.05) is 18.0 Å². The van der Waals surface area contributed by atoms with Crippen molar-refractivity contribution in [2.24, 2.45) is 0 Å². The Kier molecular flexibility index (Phi) is 4.80. The first-order valence-electron chi connectivity index (χ1n) is 7.08. The topological polar surface area (TPSA) is 53.4 Å². The van der Waals surface area contributed by atoms with Gasteiger partial charge in [0, 0.05) is 13.1 Å². The summed E-state index contributed by atoms with van der Waals surface area (Å²) in [6, 6.07) is 0. The summed E-state index contributed by atoms with van der Waals surface area (Å²) >= 11 is 1.33. The summed E-state index contributed by atoms with van der Waals surface area (Å²) in [4.78, 5) is 18.6. The molecule has 0 aromatic carbocycles. The van der Waals surface area contributed by atoms with Crippen LogP contribution in [0.3, 0.4) is 0 Å². The van der Waals surface area contributed by atoms with Crippen LogP contribution >= 0.6 is 11.3 Å². The summed E-state index contributed by atoms with van der Waals surface area (Å²) in [5.74, 6) is -0.689. The van der Waals surface area contributed by atoms with Crippen LogP contribution in [0.2, 0.25) is 0 Å². The fourth-order valence-corrected chi connectivity index (χ4v) is 3.55. The fourth-order valence-electron chi connectivity index (χ4n) is 2.44. The second-order valence-electron chi connectivity index (χ2n) is 5.43. The first kappa shape index (κ1) is 14.3. The van der Waals surface area contributed by atoms with E-state index < -0.39 is 5.97 Å². The molecule has 0 amide bonds. The Morgan fingerprint density at radius 3 is 2.26 bits per heavy atom. The summed E-state index contributed by atoms with van der Waals surface area (Å²) in [6.45, 7) is 6.01. The van der Waals surface area contributed by atoms with Crippen molar-refractivity contribution in [1.29, 1.82) is 0 Å². The summed E-state index contributed by atoms with van der Waals surface area (Å²) in [7, 11) is 0. The van der Waals surface area contributed by atoms with Crippen molar-refractivity contribution in [1.82, 2.24) is 4.98 Å². The molecule has 1 aromatic rings. The van der Waals surface area contributed by atoms with E-state index in [9.17, 15) is 9.90 Å². The molecule has 2 rings (SSSR count). The van der Waals surface area contributed by atoms with E-state index in [4.69, 9.17) is 0 Å². The summed E-state index contributed by atoms with van der Waals surface area (Å²) < 4.78 is 0. The highest BCUT2D eigenvalue weighted by molar-refractivity contribution is 7.17. The van der Waals surface area contributed by atoms with Crippen LogP contribution in [-0.2, 0) is 0 Å². The lowest BCUT2D eigenvalue weighted by atomic mass is 10.1. The van der Waals surface area contributed by atoms with Crippen LogP contribution in [0.15, 0.2) is 0 Å². The van der Waals surface area contributed by atoms with Gasteiger partial charge in [0.25, 0.3) is 0 Å². The number of anilines is 1. The van der Waals surface area contributed by atoms with Gasteiger partial charge in [-0.1, -0.05) is 44.4 Å². The van der Waals surface area contributed by atoms with E-state index in [1.165, 1.54) is 43.4 Å². The summed E-state index contributed by atoms with van der Waals surface area (Å²) in [5.41, 5.74) is 0.731. The number of carboxylic acids is 1. The SMILES string of the molecule is CC(C)c1nc(N2CCCCCCC2)sc1C(=O)O. The van der Waals surface area contributed by atoms with Crippen LogP contribution in [0, 0.1) is 0 Å². The van der Waals surface area contributed by atoms with Crippen LogP contribution in [-0.4, -0.2) is 29.1 Å². The Labute approximate surface area is 118 Å². The predicted octanol–water partition coefficient (Wildman–Crippen LogP) is 3.74. The van der Waals surface area contributed by atoms with Crippen molar-refractivity contribution >= 4 is 22.4 Å². The molecule has 19 heavy (non-hydrogen) atoms. The molecule has 1 N–H and O–H groups in total. The van der Waals surface area contributed by atoms with E-state index >= 15 is 0 Å². The number of carboxylic acid groups (broad SMARTS) is 1. The van der Waals surface area contributed by atoms with Crippen molar-refractivity contribution < 1.29 is 9.90 Å². The van der Waals surface area contributed by atoms with E-state index in [1.54, 1.807) is 0 Å². The van der Waals surface area contributed by atoms with Crippen LogP contribution < -0.4 is 4.90 Å². The molecule has 0 unspecified atom stereocenters. The molecule has 1 aromatic heterocycles. The van der Waals surface area contributed by atoms with Crippen molar-refractivity contribution in [2.45, 2.75) is 51.9 Å². The molecule has 0 aliphatic carbocycles. The van der Waals surface area contributed by atoms with Crippen molar-refractivity contribution in [3.05, 3.63) is 10.6 Å². The number of aromatic carboxylic acids is 1. The number of nitrogens with zero attached hydrogens (tertiary/aromatic N) is 2. The van der Waals surface area contributed by atoms with E-state index in [-0.39, 0.29) is 5.92 Å². The van der Waals surface area contributed by atoms with Gasteiger partial charge in [0.2, 0.25) is 0 Å². The minimum Gasteiger partial charge on any atom is -0.477 e. The third-order valence-corrected chi connectivity index (χ3v) is 4.63. The van der Waals surface area contributed by atoms with Crippen LogP contribution in [0.1, 0.15) is 67.2 Å². The minimum absolute atomic E-state index is 0.158. The number of thiazole rings is 1. The number of hydrogen-bond donors (Lipinski definition) is 1. The van der Waals surface area contributed by atoms with E-state index in [0.717, 1.165) is 23.9 Å². The Hall–Kier alpha value is -1.10. The Bertz CT molecular complexity index is 435. The zero-order valence-corrected chi connectivity index (χ0v) is 12.5. The maximum absolute atomic E-state index is 11.3. The number of hydrogen-bond acceptors (Lipinski definition) is 4. The molecule has 1 saturated heterocycles. The highest BCUT2D eigenvalue weighted by Crippen LogP contribution is 2.31. The fraction of sp³-hybridized carbons (Fsp3) is 0.714. The van der Waals surface area contributed by atoms with Gasteiger partial charge in [-0.2, -0.15) is 0 Å². The second kappa shape index (κ2) is 6.37. The Morgan fingerprint density at radius 1 is 1.21 bits per heavy atom. The normalized spacial score (nSPS) is 17.3. The van der Waals surface area contributed by atoms with Gasteiger partial charge < -0.3 is 10.0 Å². The zero-order valence-electron chi connectivity index (χ0n) is 11.7. The number of rotatable bonds is 3. The van der Waals surface area contributed by atoms with Gasteiger partial charge in [0.15, 0.2) is 5.13 Å². The van der Waals surface area contributed by atoms with E-state index in [0.29, 0.717) is 4.88 Å². The van der Waals surface area contributed by atoms with Crippen molar-refractivity contribution in [3.63, 3.8) is 0 Å². The molecule has 5 heteroatoms. The molecule has 1 fully saturated rings. The standard InChI is InChI=1S/C14H22N2O2S/c1-10(2)11-12(13(17)18)19-14(15-11)16-8-6-4-3-5-7-9-16/h10H,3-9H2,1-2H3,(H,17,18). The van der Waals surface area contributed by atoms with Crippen LogP contribution in [0.4, 0.5) is 5.13 Å². The molecule has 0 radical (unpaired) electrons. The molecule has 0 saturated carbocycles. The summed E-state index contributed by atoms with van der Waals surface area (Å²) in [6.07, 6.45) is 6.22. The number of carbonyl (C=O) groups is 1. The third-order valence-electron chi connectivity index (χ3n) is 3.51. The molecule has 0 bridgehead atoms.